The number of esters is 1. The van der Waals surface area contributed by atoms with Gasteiger partial charge < -0.3 is 14.5 Å². The van der Waals surface area contributed by atoms with Crippen LogP contribution in [0.5, 0.6) is 0 Å². The molecule has 0 radical (unpaired) electrons. The second kappa shape index (κ2) is 9.34. The summed E-state index contributed by atoms with van der Waals surface area (Å²) in [5.41, 5.74) is 3.83. The molecule has 34 heavy (non-hydrogen) atoms. The van der Waals surface area contributed by atoms with Crippen molar-refractivity contribution in [3.05, 3.63) is 77.0 Å². The first kappa shape index (κ1) is 22.2. The third kappa shape index (κ3) is 4.43. The van der Waals surface area contributed by atoms with Crippen LogP contribution < -0.4 is 5.32 Å². The number of nitrogens with zero attached hydrogens (tertiary/aromatic N) is 3. The first-order chi connectivity index (χ1) is 16.5. The molecule has 1 N–H and O–H groups in total. The number of hydrogen-bond acceptors (Lipinski definition) is 7. The van der Waals surface area contributed by atoms with Crippen LogP contribution in [-0.4, -0.2) is 46.0 Å². The number of aromatic nitrogens is 2. The number of rotatable bonds is 7. The number of aryl methyl sites for hydroxylation is 1. The molecule has 0 spiro atoms. The van der Waals surface area contributed by atoms with E-state index in [4.69, 9.17) is 9.15 Å². The first-order valence-electron chi connectivity index (χ1n) is 11.0. The molecule has 0 saturated heterocycles. The van der Waals surface area contributed by atoms with E-state index in [1.807, 2.05) is 61.5 Å². The number of methoxy groups -OCH3 is 1. The summed E-state index contributed by atoms with van der Waals surface area (Å²) >= 11 is 1.30. The molecule has 8 nitrogen and oxygen atoms in total. The molecule has 9 heteroatoms. The summed E-state index contributed by atoms with van der Waals surface area (Å²) in [5.74, 6) is 0.265. The topological polar surface area (TPSA) is 97.6 Å². The van der Waals surface area contributed by atoms with Gasteiger partial charge in [0.2, 0.25) is 5.89 Å². The van der Waals surface area contributed by atoms with Crippen molar-refractivity contribution in [3.63, 3.8) is 0 Å². The van der Waals surface area contributed by atoms with Crippen LogP contribution in [0.4, 0.5) is 4.79 Å². The lowest BCUT2D eigenvalue weighted by molar-refractivity contribution is -0.136. The van der Waals surface area contributed by atoms with Gasteiger partial charge in [-0.1, -0.05) is 59.8 Å². The maximum Gasteiger partial charge on any atom is 0.338 e. The summed E-state index contributed by atoms with van der Waals surface area (Å²) in [4.78, 5) is 27.8. The van der Waals surface area contributed by atoms with E-state index < -0.39 is 12.0 Å². The van der Waals surface area contributed by atoms with Crippen LogP contribution in [0.2, 0.25) is 0 Å². The average Bonchev–Trinajstić information content (AvgIpc) is 3.59. The Kier molecular flexibility index (Phi) is 6.10. The molecule has 1 aliphatic carbocycles. The Labute approximate surface area is 201 Å². The number of urea groups is 1. The molecule has 0 bridgehead atoms. The number of carbonyl (C=O) groups is 2. The highest BCUT2D eigenvalue weighted by Crippen LogP contribution is 2.40. The highest BCUT2D eigenvalue weighted by Gasteiger charge is 2.44. The third-order valence-electron chi connectivity index (χ3n) is 5.86. The molecule has 1 unspecified atom stereocenters. The number of nitrogens with one attached hydrogen (secondary N) is 1. The molecule has 2 aromatic carbocycles. The summed E-state index contributed by atoms with van der Waals surface area (Å²) < 4.78 is 11.0. The average molecular weight is 477 g/mol. The smallest absolute Gasteiger partial charge is 0.338 e. The molecule has 1 aliphatic heterocycles. The van der Waals surface area contributed by atoms with Crippen LogP contribution in [0.15, 0.2) is 75.5 Å². The van der Waals surface area contributed by atoms with E-state index in [1.165, 1.54) is 18.9 Å². The largest absolute Gasteiger partial charge is 0.466 e. The van der Waals surface area contributed by atoms with Crippen LogP contribution >= 0.6 is 11.8 Å². The zero-order valence-corrected chi connectivity index (χ0v) is 19.7. The molecule has 1 fully saturated rings. The van der Waals surface area contributed by atoms with Crippen molar-refractivity contribution in [2.24, 2.45) is 0 Å². The lowest BCUT2D eigenvalue weighted by Crippen LogP contribution is -2.50. The van der Waals surface area contributed by atoms with E-state index in [0.717, 1.165) is 29.5 Å². The van der Waals surface area contributed by atoms with Gasteiger partial charge in [0.15, 0.2) is 0 Å². The molecule has 5 rings (SSSR count). The third-order valence-corrected chi connectivity index (χ3v) is 6.69. The van der Waals surface area contributed by atoms with Gasteiger partial charge in [-0.25, -0.2) is 9.59 Å². The zero-order chi connectivity index (χ0) is 23.7. The normalized spacial score (nSPS) is 18.1. The van der Waals surface area contributed by atoms with E-state index in [0.29, 0.717) is 28.1 Å². The van der Waals surface area contributed by atoms with Gasteiger partial charge in [-0.2, -0.15) is 0 Å². The van der Waals surface area contributed by atoms with Gasteiger partial charge >= 0.3 is 12.0 Å². The number of ether oxygens (including phenoxy) is 1. The maximum absolute atomic E-state index is 13.1. The lowest BCUT2D eigenvalue weighted by Gasteiger charge is -2.36. The first-order valence-corrected chi connectivity index (χ1v) is 12.0. The number of amides is 2. The van der Waals surface area contributed by atoms with Gasteiger partial charge in [-0.05, 0) is 37.5 Å². The molecule has 1 atom stereocenters. The van der Waals surface area contributed by atoms with Crippen molar-refractivity contribution in [2.45, 2.75) is 37.1 Å². The molecular weight excluding hydrogens is 452 g/mol. The predicted octanol–water partition coefficient (Wildman–Crippen LogP) is 4.49. The Bertz CT molecular complexity index is 1240. The molecule has 1 aromatic heterocycles. The van der Waals surface area contributed by atoms with Crippen LogP contribution in [0, 0.1) is 6.92 Å². The Hall–Kier alpha value is -3.59. The Balaban J connectivity index is 1.48. The summed E-state index contributed by atoms with van der Waals surface area (Å²) in [7, 11) is 1.35. The van der Waals surface area contributed by atoms with E-state index in [9.17, 15) is 9.59 Å². The van der Waals surface area contributed by atoms with Crippen LogP contribution in [0.25, 0.3) is 11.5 Å². The van der Waals surface area contributed by atoms with E-state index >= 15 is 0 Å². The van der Waals surface area contributed by atoms with Gasteiger partial charge in [0.1, 0.15) is 0 Å². The van der Waals surface area contributed by atoms with Crippen molar-refractivity contribution in [1.29, 1.82) is 0 Å². The van der Waals surface area contributed by atoms with Crippen LogP contribution in [-0.2, 0) is 9.53 Å². The Morgan fingerprint density at radius 3 is 2.56 bits per heavy atom. The van der Waals surface area contributed by atoms with Crippen molar-refractivity contribution in [1.82, 2.24) is 20.4 Å². The number of carbonyl (C=O) groups excluding carboxylic acids is 2. The number of benzene rings is 2. The minimum atomic E-state index is -0.599. The summed E-state index contributed by atoms with van der Waals surface area (Å²) in [6.45, 7) is 2.01. The lowest BCUT2D eigenvalue weighted by atomic mass is 9.95. The van der Waals surface area contributed by atoms with Crippen LogP contribution in [0.1, 0.15) is 30.0 Å². The quantitative estimate of drug-likeness (QED) is 0.396. The number of thioether (sulfide) groups is 1. The summed E-state index contributed by atoms with van der Waals surface area (Å²) in [6.07, 6.45) is 1.79. The fourth-order valence-corrected chi connectivity index (χ4v) is 4.79. The van der Waals surface area contributed by atoms with Gasteiger partial charge in [0, 0.05) is 23.1 Å². The van der Waals surface area contributed by atoms with Crippen molar-refractivity contribution >= 4 is 23.8 Å². The van der Waals surface area contributed by atoms with Gasteiger partial charge in [0.25, 0.3) is 5.22 Å². The Morgan fingerprint density at radius 1 is 1.15 bits per heavy atom. The standard InChI is InChI=1S/C25H24N4O4S/c1-15-8-10-17(11-9-15)22-27-28-25(33-22)34-14-19-20(23(30)32-2)21(16-6-4-3-5-7-16)26-24(31)29(19)18-12-13-18/h3-11,18,21H,12-14H2,1-2H3,(H,26,31). The zero-order valence-electron chi connectivity index (χ0n) is 18.9. The molecule has 2 aliphatic rings. The molecule has 1 saturated carbocycles. The second-order valence-electron chi connectivity index (χ2n) is 8.27. The highest BCUT2D eigenvalue weighted by molar-refractivity contribution is 7.99. The minimum absolute atomic E-state index is 0.0674. The molecular formula is C25H24N4O4S. The fourth-order valence-electron chi connectivity index (χ4n) is 4.00. The van der Waals surface area contributed by atoms with Crippen molar-refractivity contribution in [3.8, 4) is 11.5 Å². The highest BCUT2D eigenvalue weighted by atomic mass is 32.2. The number of hydrogen-bond donors (Lipinski definition) is 1. The minimum Gasteiger partial charge on any atom is -0.466 e. The molecule has 2 amide bonds. The van der Waals surface area contributed by atoms with Crippen LogP contribution in [0.3, 0.4) is 0 Å². The Morgan fingerprint density at radius 2 is 1.88 bits per heavy atom. The molecule has 174 valence electrons. The van der Waals surface area contributed by atoms with Gasteiger partial charge in [-0.3, -0.25) is 4.90 Å². The summed E-state index contributed by atoms with van der Waals surface area (Å²) in [6, 6.07) is 16.5. The van der Waals surface area contributed by atoms with Crippen molar-refractivity contribution < 1.29 is 18.7 Å². The van der Waals surface area contributed by atoms with Gasteiger partial charge in [-0.15, -0.1) is 10.2 Å². The van der Waals surface area contributed by atoms with E-state index in [1.54, 1.807) is 4.90 Å². The van der Waals surface area contributed by atoms with Gasteiger partial charge in [0.05, 0.1) is 18.7 Å². The molecule has 3 aromatic rings. The molecule has 2 heterocycles. The van der Waals surface area contributed by atoms with Crippen molar-refractivity contribution in [2.75, 3.05) is 12.9 Å². The van der Waals surface area contributed by atoms with E-state index in [-0.39, 0.29) is 12.1 Å². The summed E-state index contributed by atoms with van der Waals surface area (Å²) in [5, 5.41) is 11.7. The monoisotopic (exact) mass is 476 g/mol. The maximum atomic E-state index is 13.1. The predicted molar refractivity (Wildman–Crippen MR) is 127 cm³/mol. The second-order valence-corrected chi connectivity index (χ2v) is 9.20. The SMILES string of the molecule is COC(=O)C1=C(CSc2nnc(-c3ccc(C)cc3)o2)N(C2CC2)C(=O)NC1c1ccccc1. The van der Waals surface area contributed by atoms with E-state index in [2.05, 4.69) is 15.5 Å². The fraction of sp³-hybridized carbons (Fsp3) is 0.280.